The Balaban J connectivity index is 0.886. The summed E-state index contributed by atoms with van der Waals surface area (Å²) in [5.74, 6) is 2.28. The summed E-state index contributed by atoms with van der Waals surface area (Å²) in [7, 11) is 0. The van der Waals surface area contributed by atoms with E-state index >= 15 is 0 Å². The van der Waals surface area contributed by atoms with E-state index in [9.17, 15) is 0 Å². The number of hydrogen-bond acceptors (Lipinski definition) is 6. The fraction of sp³-hybridized carbons (Fsp3) is 0.0656. The second-order valence-electron chi connectivity index (χ2n) is 17.7. The summed E-state index contributed by atoms with van der Waals surface area (Å²) in [5.41, 5.74) is 20.2. The Bertz CT molecular complexity index is 3620. The number of nitrogens with zero attached hydrogens (tertiary/aromatic N) is 4. The van der Waals surface area contributed by atoms with Gasteiger partial charge in [0, 0.05) is 33.6 Å². The largest absolute Gasteiger partial charge is 0.398 e. The number of hydrogen-bond donors (Lipinski definition) is 2. The van der Waals surface area contributed by atoms with Gasteiger partial charge in [-0.3, -0.25) is 0 Å². The van der Waals surface area contributed by atoms with Crippen LogP contribution in [0.15, 0.2) is 212 Å². The molecule has 0 amide bonds. The van der Waals surface area contributed by atoms with Gasteiger partial charge in [0.05, 0.1) is 11.4 Å². The fourth-order valence-corrected chi connectivity index (χ4v) is 9.94. The summed E-state index contributed by atoms with van der Waals surface area (Å²) in [6.45, 7) is 4.51. The standard InChI is InChI=1S/C61H46N6/c1-38(2)61-63-55-24-10-11-25-56(55)67(61)46-33-30-41(31-34-46)57-47(22-13-23-54(57)62)40-28-26-39(27-29-40)43-16-12-17-44(36-43)59-64-58(42-14-4-3-5-15-42)65-60(66-59)45-32-35-52-50-20-7-6-18-48(50)49-19-8-9-21-51(49)53(52)37-45/h3-38,61,63H,62H2,1-2H3. The van der Waals surface area contributed by atoms with Gasteiger partial charge >= 0.3 is 0 Å². The highest BCUT2D eigenvalue weighted by atomic mass is 15.3. The Morgan fingerprint density at radius 3 is 1.61 bits per heavy atom. The molecule has 6 nitrogen and oxygen atoms in total. The molecular formula is C61H46N6. The van der Waals surface area contributed by atoms with Crippen LogP contribution in [0, 0.1) is 5.92 Å². The van der Waals surface area contributed by atoms with E-state index in [1.807, 2.05) is 30.3 Å². The van der Waals surface area contributed by atoms with Crippen LogP contribution in [-0.4, -0.2) is 21.1 Å². The average molecular weight is 863 g/mol. The van der Waals surface area contributed by atoms with E-state index in [-0.39, 0.29) is 6.17 Å². The van der Waals surface area contributed by atoms with Gasteiger partial charge < -0.3 is 16.0 Å². The predicted molar refractivity (Wildman–Crippen MR) is 280 cm³/mol. The van der Waals surface area contributed by atoms with Crippen molar-refractivity contribution in [1.29, 1.82) is 0 Å². The number of fused-ring (bicyclic) bond motifs is 7. The average Bonchev–Trinajstić information content (AvgIpc) is 3.79. The normalized spacial score (nSPS) is 13.4. The summed E-state index contributed by atoms with van der Waals surface area (Å²) >= 11 is 0. The van der Waals surface area contributed by atoms with Gasteiger partial charge in [0.25, 0.3) is 0 Å². The van der Waals surface area contributed by atoms with Crippen LogP contribution in [0.25, 0.3) is 99.9 Å². The lowest BCUT2D eigenvalue weighted by Crippen LogP contribution is -2.36. The van der Waals surface area contributed by atoms with Crippen molar-refractivity contribution in [3.63, 3.8) is 0 Å². The zero-order valence-corrected chi connectivity index (χ0v) is 37.2. The van der Waals surface area contributed by atoms with Crippen molar-refractivity contribution in [3.05, 3.63) is 212 Å². The zero-order valence-electron chi connectivity index (χ0n) is 37.2. The Morgan fingerprint density at radius 2 is 0.925 bits per heavy atom. The predicted octanol–water partition coefficient (Wildman–Crippen LogP) is 15.5. The summed E-state index contributed by atoms with van der Waals surface area (Å²) in [6.07, 6.45) is 0.166. The highest BCUT2D eigenvalue weighted by Gasteiger charge is 2.31. The zero-order chi connectivity index (χ0) is 45.0. The van der Waals surface area contributed by atoms with Gasteiger partial charge in [0.15, 0.2) is 17.5 Å². The molecule has 320 valence electrons. The minimum atomic E-state index is 0.166. The molecule has 0 saturated carbocycles. The maximum absolute atomic E-state index is 6.79. The summed E-state index contributed by atoms with van der Waals surface area (Å²) < 4.78 is 0. The minimum absolute atomic E-state index is 0.166. The van der Waals surface area contributed by atoms with Crippen molar-refractivity contribution >= 4 is 55.1 Å². The molecule has 0 fully saturated rings. The molecule has 6 heteroatoms. The molecule has 1 aromatic heterocycles. The third-order valence-electron chi connectivity index (χ3n) is 13.2. The van der Waals surface area contributed by atoms with Gasteiger partial charge in [-0.05, 0) is 109 Å². The number of para-hydroxylation sites is 2. The number of nitrogen functional groups attached to an aromatic ring is 1. The van der Waals surface area contributed by atoms with Crippen LogP contribution >= 0.6 is 0 Å². The van der Waals surface area contributed by atoms with Crippen molar-refractivity contribution in [2.45, 2.75) is 20.0 Å². The molecule has 1 aliphatic rings. The van der Waals surface area contributed by atoms with Gasteiger partial charge in [-0.1, -0.05) is 184 Å². The van der Waals surface area contributed by atoms with Gasteiger partial charge in [-0.15, -0.1) is 0 Å². The molecule has 12 rings (SSSR count). The van der Waals surface area contributed by atoms with Gasteiger partial charge in [-0.25, -0.2) is 15.0 Å². The molecule has 0 radical (unpaired) electrons. The van der Waals surface area contributed by atoms with Gasteiger partial charge in [0.1, 0.15) is 6.17 Å². The minimum Gasteiger partial charge on any atom is -0.398 e. The first-order valence-corrected chi connectivity index (χ1v) is 23.0. The van der Waals surface area contributed by atoms with Crippen molar-refractivity contribution in [3.8, 4) is 67.5 Å². The van der Waals surface area contributed by atoms with Crippen LogP contribution in [0.1, 0.15) is 13.8 Å². The Kier molecular flexibility index (Phi) is 9.79. The molecule has 67 heavy (non-hydrogen) atoms. The lowest BCUT2D eigenvalue weighted by Gasteiger charge is -2.30. The van der Waals surface area contributed by atoms with E-state index in [0.29, 0.717) is 23.4 Å². The molecule has 0 aliphatic carbocycles. The Hall–Kier alpha value is -8.61. The van der Waals surface area contributed by atoms with Gasteiger partial charge in [0.2, 0.25) is 0 Å². The lowest BCUT2D eigenvalue weighted by atomic mass is 9.91. The summed E-state index contributed by atoms with van der Waals surface area (Å²) in [4.78, 5) is 17.8. The summed E-state index contributed by atoms with van der Waals surface area (Å²) in [5, 5.41) is 11.0. The quantitative estimate of drug-likeness (QED) is 0.117. The van der Waals surface area contributed by atoms with Crippen molar-refractivity contribution in [2.75, 3.05) is 16.0 Å². The number of nitrogens with one attached hydrogen (secondary N) is 1. The topological polar surface area (TPSA) is 80.0 Å². The van der Waals surface area contributed by atoms with Gasteiger partial charge in [-0.2, -0.15) is 0 Å². The maximum Gasteiger partial charge on any atom is 0.164 e. The third-order valence-corrected chi connectivity index (χ3v) is 13.2. The van der Waals surface area contributed by atoms with Crippen LogP contribution in [0.2, 0.25) is 0 Å². The molecule has 0 saturated heterocycles. The number of rotatable bonds is 8. The molecule has 2 heterocycles. The first-order chi connectivity index (χ1) is 32.9. The van der Waals surface area contributed by atoms with Crippen LogP contribution < -0.4 is 16.0 Å². The monoisotopic (exact) mass is 862 g/mol. The van der Waals surface area contributed by atoms with E-state index in [1.165, 1.54) is 38.0 Å². The number of aromatic nitrogens is 3. The number of anilines is 4. The highest BCUT2D eigenvalue weighted by molar-refractivity contribution is 6.25. The number of benzene rings is 10. The third kappa shape index (κ3) is 7.11. The van der Waals surface area contributed by atoms with Crippen LogP contribution in [0.5, 0.6) is 0 Å². The van der Waals surface area contributed by atoms with E-state index in [1.54, 1.807) is 0 Å². The second-order valence-corrected chi connectivity index (χ2v) is 17.7. The van der Waals surface area contributed by atoms with Crippen molar-refractivity contribution < 1.29 is 0 Å². The maximum atomic E-state index is 6.79. The van der Waals surface area contributed by atoms with Crippen LogP contribution in [0.3, 0.4) is 0 Å². The Labute approximate surface area is 390 Å². The molecule has 1 atom stereocenters. The fourth-order valence-electron chi connectivity index (χ4n) is 9.94. The van der Waals surface area contributed by atoms with Crippen LogP contribution in [-0.2, 0) is 0 Å². The molecule has 0 spiro atoms. The van der Waals surface area contributed by atoms with Crippen molar-refractivity contribution in [2.24, 2.45) is 5.92 Å². The second kappa shape index (κ2) is 16.4. The summed E-state index contributed by atoms with van der Waals surface area (Å²) in [6, 6.07) is 74.8. The molecule has 1 aliphatic heterocycles. The Morgan fingerprint density at radius 1 is 0.418 bits per heavy atom. The number of nitrogens with two attached hydrogens (primary N) is 1. The molecule has 0 bridgehead atoms. The molecule has 1 unspecified atom stereocenters. The molecule has 3 N–H and O–H groups in total. The molecule has 11 aromatic rings. The lowest BCUT2D eigenvalue weighted by molar-refractivity contribution is 0.543. The van der Waals surface area contributed by atoms with E-state index in [0.717, 1.165) is 67.1 Å². The molecular weight excluding hydrogens is 817 g/mol. The first-order valence-electron chi connectivity index (χ1n) is 23.0. The van der Waals surface area contributed by atoms with E-state index in [4.69, 9.17) is 20.7 Å². The first kappa shape index (κ1) is 39.9. The van der Waals surface area contributed by atoms with E-state index in [2.05, 4.69) is 206 Å². The highest BCUT2D eigenvalue weighted by Crippen LogP contribution is 2.44. The SMILES string of the molecule is CC(C)C1Nc2ccccc2N1c1ccc(-c2c(N)cccc2-c2ccc(-c3cccc(-c4nc(-c5ccccc5)nc(-c5ccc6c7ccccc7c7ccccc7c6c5)n4)c3)cc2)cc1. The van der Waals surface area contributed by atoms with E-state index < -0.39 is 0 Å². The van der Waals surface area contributed by atoms with Crippen molar-refractivity contribution in [1.82, 2.24) is 15.0 Å². The van der Waals surface area contributed by atoms with Crippen LogP contribution in [0.4, 0.5) is 22.7 Å². The molecule has 10 aromatic carbocycles. The smallest absolute Gasteiger partial charge is 0.164 e.